The van der Waals surface area contributed by atoms with E-state index in [9.17, 15) is 9.50 Å². The summed E-state index contributed by atoms with van der Waals surface area (Å²) in [5.41, 5.74) is 2.88. The number of aryl methyl sites for hydroxylation is 2. The molecule has 17 heavy (non-hydrogen) atoms. The topological polar surface area (TPSA) is 33.1 Å². The summed E-state index contributed by atoms with van der Waals surface area (Å²) < 4.78 is 13.2. The Balaban J connectivity index is 2.47. The van der Waals surface area contributed by atoms with E-state index < -0.39 is 6.10 Å². The van der Waals surface area contributed by atoms with Crippen molar-refractivity contribution in [2.75, 3.05) is 0 Å². The Bertz CT molecular complexity index is 539. The number of nitrogens with zero attached hydrogens (tertiary/aromatic N) is 1. The molecular formula is C14H14FNO. The van der Waals surface area contributed by atoms with E-state index >= 15 is 0 Å². The van der Waals surface area contributed by atoms with Crippen molar-refractivity contribution in [2.24, 2.45) is 0 Å². The summed E-state index contributed by atoms with van der Waals surface area (Å²) in [4.78, 5) is 4.15. The van der Waals surface area contributed by atoms with Gasteiger partial charge in [0.15, 0.2) is 0 Å². The summed E-state index contributed by atoms with van der Waals surface area (Å²) in [5, 5.41) is 10.2. The van der Waals surface area contributed by atoms with Gasteiger partial charge in [-0.3, -0.25) is 4.98 Å². The van der Waals surface area contributed by atoms with Gasteiger partial charge in [-0.1, -0.05) is 12.1 Å². The Morgan fingerprint density at radius 2 is 1.94 bits per heavy atom. The lowest BCUT2D eigenvalue weighted by atomic mass is 9.98. The summed E-state index contributed by atoms with van der Waals surface area (Å²) >= 11 is 0. The molecule has 0 aliphatic heterocycles. The minimum absolute atomic E-state index is 0.349. The van der Waals surface area contributed by atoms with Gasteiger partial charge in [-0.05, 0) is 48.7 Å². The van der Waals surface area contributed by atoms with Crippen LogP contribution < -0.4 is 0 Å². The zero-order valence-corrected chi connectivity index (χ0v) is 9.81. The van der Waals surface area contributed by atoms with Crippen molar-refractivity contribution in [2.45, 2.75) is 20.0 Å². The molecule has 1 N–H and O–H groups in total. The molecular weight excluding hydrogens is 217 g/mol. The van der Waals surface area contributed by atoms with E-state index in [1.807, 2.05) is 26.0 Å². The van der Waals surface area contributed by atoms with Crippen molar-refractivity contribution in [1.29, 1.82) is 0 Å². The molecule has 1 atom stereocenters. The van der Waals surface area contributed by atoms with E-state index in [0.717, 1.165) is 11.1 Å². The van der Waals surface area contributed by atoms with Crippen LogP contribution in [0.4, 0.5) is 4.39 Å². The first-order valence-corrected chi connectivity index (χ1v) is 5.45. The summed E-state index contributed by atoms with van der Waals surface area (Å²) in [7, 11) is 0. The minimum atomic E-state index is -0.883. The van der Waals surface area contributed by atoms with Crippen molar-refractivity contribution in [3.8, 4) is 0 Å². The van der Waals surface area contributed by atoms with Gasteiger partial charge in [0, 0.05) is 6.20 Å². The van der Waals surface area contributed by atoms with Crippen LogP contribution in [0.15, 0.2) is 36.5 Å². The highest BCUT2D eigenvalue weighted by molar-refractivity contribution is 5.35. The second-order valence-corrected chi connectivity index (χ2v) is 4.11. The normalized spacial score (nSPS) is 12.5. The van der Waals surface area contributed by atoms with E-state index in [2.05, 4.69) is 4.98 Å². The van der Waals surface area contributed by atoms with Crippen LogP contribution in [0.1, 0.15) is 28.5 Å². The number of halogens is 1. The molecule has 1 aromatic carbocycles. The van der Waals surface area contributed by atoms with Crippen molar-refractivity contribution in [3.05, 3.63) is 64.7 Å². The smallest absolute Gasteiger partial charge is 0.123 e. The summed E-state index contributed by atoms with van der Waals surface area (Å²) in [6.45, 7) is 3.72. The number of benzene rings is 1. The average Bonchev–Trinajstić information content (AvgIpc) is 2.32. The van der Waals surface area contributed by atoms with E-state index in [1.54, 1.807) is 12.3 Å². The van der Waals surface area contributed by atoms with Crippen molar-refractivity contribution in [3.63, 3.8) is 0 Å². The third-order valence-electron chi connectivity index (χ3n) is 2.84. The van der Waals surface area contributed by atoms with Crippen LogP contribution >= 0.6 is 0 Å². The summed E-state index contributed by atoms with van der Waals surface area (Å²) in [6, 6.07) is 8.08. The fraction of sp³-hybridized carbons (Fsp3) is 0.214. The largest absolute Gasteiger partial charge is 0.382 e. The zero-order chi connectivity index (χ0) is 12.4. The van der Waals surface area contributed by atoms with Gasteiger partial charge in [-0.15, -0.1) is 0 Å². The number of aliphatic hydroxyl groups is 1. The predicted octanol–water partition coefficient (Wildman–Crippen LogP) is 2.92. The molecule has 0 spiro atoms. The second kappa shape index (κ2) is 4.63. The molecule has 88 valence electrons. The first kappa shape index (κ1) is 11.7. The van der Waals surface area contributed by atoms with Crippen LogP contribution in [0.25, 0.3) is 0 Å². The van der Waals surface area contributed by atoms with Gasteiger partial charge in [0.2, 0.25) is 0 Å². The molecule has 2 rings (SSSR count). The lowest BCUT2D eigenvalue weighted by Crippen LogP contribution is -2.06. The van der Waals surface area contributed by atoms with Crippen molar-refractivity contribution < 1.29 is 9.50 Å². The first-order valence-electron chi connectivity index (χ1n) is 5.45. The van der Waals surface area contributed by atoms with Gasteiger partial charge < -0.3 is 5.11 Å². The zero-order valence-electron chi connectivity index (χ0n) is 9.81. The maximum absolute atomic E-state index is 13.2. The summed E-state index contributed by atoms with van der Waals surface area (Å²) in [6.07, 6.45) is 0.743. The SMILES string of the molecule is Cc1ccc(F)cc1C(O)c1ncccc1C. The highest BCUT2D eigenvalue weighted by Gasteiger charge is 2.16. The fourth-order valence-corrected chi connectivity index (χ4v) is 1.84. The quantitative estimate of drug-likeness (QED) is 0.862. The molecule has 0 radical (unpaired) electrons. The first-order chi connectivity index (χ1) is 8.09. The molecule has 0 fully saturated rings. The van der Waals surface area contributed by atoms with E-state index in [0.29, 0.717) is 11.3 Å². The molecule has 1 aromatic heterocycles. The lowest BCUT2D eigenvalue weighted by Gasteiger charge is -2.15. The fourth-order valence-electron chi connectivity index (χ4n) is 1.84. The Hall–Kier alpha value is -1.74. The average molecular weight is 231 g/mol. The van der Waals surface area contributed by atoms with Gasteiger partial charge >= 0.3 is 0 Å². The maximum atomic E-state index is 13.2. The van der Waals surface area contributed by atoms with Gasteiger partial charge in [0.1, 0.15) is 11.9 Å². The molecule has 0 bridgehead atoms. The molecule has 0 saturated heterocycles. The Morgan fingerprint density at radius 1 is 1.18 bits per heavy atom. The molecule has 3 heteroatoms. The van der Waals surface area contributed by atoms with Gasteiger partial charge in [-0.2, -0.15) is 0 Å². The highest BCUT2D eigenvalue weighted by Crippen LogP contribution is 2.25. The number of hydrogen-bond donors (Lipinski definition) is 1. The standard InChI is InChI=1S/C14H14FNO/c1-9-5-6-11(15)8-12(9)14(17)13-10(2)4-3-7-16-13/h3-8,14,17H,1-2H3. The number of rotatable bonds is 2. The Kier molecular flexibility index (Phi) is 3.20. The van der Waals surface area contributed by atoms with Crippen LogP contribution in [0.2, 0.25) is 0 Å². The second-order valence-electron chi connectivity index (χ2n) is 4.11. The third kappa shape index (κ3) is 2.34. The summed E-state index contributed by atoms with van der Waals surface area (Å²) in [5.74, 6) is -0.349. The van der Waals surface area contributed by atoms with E-state index in [-0.39, 0.29) is 5.82 Å². The maximum Gasteiger partial charge on any atom is 0.123 e. The third-order valence-corrected chi connectivity index (χ3v) is 2.84. The molecule has 2 aromatic rings. The number of pyridine rings is 1. The molecule has 2 nitrogen and oxygen atoms in total. The molecule has 1 unspecified atom stereocenters. The molecule has 0 aliphatic rings. The number of aliphatic hydroxyl groups excluding tert-OH is 1. The number of hydrogen-bond acceptors (Lipinski definition) is 2. The van der Waals surface area contributed by atoms with Crippen LogP contribution in [-0.2, 0) is 0 Å². The van der Waals surface area contributed by atoms with Gasteiger partial charge in [0.05, 0.1) is 5.69 Å². The lowest BCUT2D eigenvalue weighted by molar-refractivity contribution is 0.213. The van der Waals surface area contributed by atoms with Crippen LogP contribution in [0.3, 0.4) is 0 Å². The van der Waals surface area contributed by atoms with Gasteiger partial charge in [0.25, 0.3) is 0 Å². The van der Waals surface area contributed by atoms with Crippen molar-refractivity contribution in [1.82, 2.24) is 4.98 Å². The Labute approximate surface area is 99.8 Å². The monoisotopic (exact) mass is 231 g/mol. The van der Waals surface area contributed by atoms with E-state index in [1.165, 1.54) is 12.1 Å². The minimum Gasteiger partial charge on any atom is -0.382 e. The van der Waals surface area contributed by atoms with Crippen LogP contribution in [-0.4, -0.2) is 10.1 Å². The van der Waals surface area contributed by atoms with Crippen LogP contribution in [0, 0.1) is 19.7 Å². The molecule has 0 saturated carbocycles. The van der Waals surface area contributed by atoms with Crippen LogP contribution in [0.5, 0.6) is 0 Å². The highest BCUT2D eigenvalue weighted by atomic mass is 19.1. The molecule has 0 aliphatic carbocycles. The van der Waals surface area contributed by atoms with E-state index in [4.69, 9.17) is 0 Å². The Morgan fingerprint density at radius 3 is 2.65 bits per heavy atom. The number of aromatic nitrogens is 1. The van der Waals surface area contributed by atoms with Crippen molar-refractivity contribution >= 4 is 0 Å². The van der Waals surface area contributed by atoms with Gasteiger partial charge in [-0.25, -0.2) is 4.39 Å². The molecule has 1 heterocycles. The molecule has 0 amide bonds. The predicted molar refractivity (Wildman–Crippen MR) is 64.2 cm³/mol.